The highest BCUT2D eigenvalue weighted by Gasteiger charge is 2.41. The molecule has 0 N–H and O–H groups in total. The van der Waals surface area contributed by atoms with Gasteiger partial charge in [-0.2, -0.15) is 0 Å². The Hall–Kier alpha value is -2.70. The molecule has 0 atom stereocenters. The summed E-state index contributed by atoms with van der Waals surface area (Å²) in [5.41, 5.74) is 1.60. The molecule has 0 saturated carbocycles. The molecule has 4 rings (SSSR count). The average Bonchev–Trinajstić information content (AvgIpc) is 2.89. The maximum absolute atomic E-state index is 13.5. The molecule has 8 heteroatoms. The Morgan fingerprint density at radius 2 is 1.31 bits per heavy atom. The van der Waals surface area contributed by atoms with E-state index in [0.29, 0.717) is 5.75 Å². The fraction of sp³-hybridized carbons (Fsp3) is 0.259. The molecule has 1 heterocycles. The normalized spacial score (nSPS) is 14.5. The SMILES string of the molecule is CCOP(=O)(OCC)SC1=CC(c2ccc(OC)cc2)(c2ccc(OC)cc2)Oc2ccccc21. The largest absolute Gasteiger partial charge is 0.497 e. The second kappa shape index (κ2) is 10.9. The van der Waals surface area contributed by atoms with Crippen molar-refractivity contribution in [3.8, 4) is 17.2 Å². The summed E-state index contributed by atoms with van der Waals surface area (Å²) in [6, 6.07) is 23.2. The van der Waals surface area contributed by atoms with Crippen LogP contribution in [0.1, 0.15) is 30.5 Å². The van der Waals surface area contributed by atoms with Gasteiger partial charge in [0, 0.05) is 21.6 Å². The van der Waals surface area contributed by atoms with Crippen molar-refractivity contribution in [1.29, 1.82) is 0 Å². The van der Waals surface area contributed by atoms with E-state index in [1.165, 1.54) is 0 Å². The second-order valence-electron chi connectivity index (χ2n) is 7.67. The van der Waals surface area contributed by atoms with E-state index in [2.05, 4.69) is 0 Å². The van der Waals surface area contributed by atoms with E-state index < -0.39 is 12.4 Å². The van der Waals surface area contributed by atoms with Crippen molar-refractivity contribution in [2.45, 2.75) is 19.4 Å². The second-order valence-corrected chi connectivity index (χ2v) is 11.6. The summed E-state index contributed by atoms with van der Waals surface area (Å²) < 4.78 is 42.3. The lowest BCUT2D eigenvalue weighted by Crippen LogP contribution is -2.35. The fourth-order valence-corrected chi connectivity index (χ4v) is 7.62. The highest BCUT2D eigenvalue weighted by Crippen LogP contribution is 2.67. The van der Waals surface area contributed by atoms with E-state index >= 15 is 0 Å². The van der Waals surface area contributed by atoms with Crippen molar-refractivity contribution in [2.24, 2.45) is 0 Å². The lowest BCUT2D eigenvalue weighted by atomic mass is 9.83. The molecule has 0 amide bonds. The van der Waals surface area contributed by atoms with Crippen molar-refractivity contribution in [3.05, 3.63) is 95.6 Å². The lowest BCUT2D eigenvalue weighted by molar-refractivity contribution is 0.160. The highest BCUT2D eigenvalue weighted by atomic mass is 32.7. The van der Waals surface area contributed by atoms with Gasteiger partial charge in [0.15, 0.2) is 5.60 Å². The van der Waals surface area contributed by atoms with Crippen LogP contribution in [0.3, 0.4) is 0 Å². The predicted octanol–water partition coefficient (Wildman–Crippen LogP) is 7.30. The Bertz CT molecular complexity index is 1170. The van der Waals surface area contributed by atoms with Gasteiger partial charge in [-0.15, -0.1) is 0 Å². The van der Waals surface area contributed by atoms with Crippen LogP contribution in [0.5, 0.6) is 17.2 Å². The van der Waals surface area contributed by atoms with Gasteiger partial charge in [-0.3, -0.25) is 0 Å². The summed E-state index contributed by atoms with van der Waals surface area (Å²) >= 11 is 1.11. The minimum Gasteiger partial charge on any atom is -0.497 e. The minimum absolute atomic E-state index is 0.276. The number of hydrogen-bond acceptors (Lipinski definition) is 7. The Morgan fingerprint density at radius 1 is 0.800 bits per heavy atom. The van der Waals surface area contributed by atoms with Crippen molar-refractivity contribution < 1.29 is 27.8 Å². The van der Waals surface area contributed by atoms with Gasteiger partial charge in [-0.1, -0.05) is 42.5 Å². The molecule has 35 heavy (non-hydrogen) atoms. The summed E-state index contributed by atoms with van der Waals surface area (Å²) in [5.74, 6) is 2.15. The van der Waals surface area contributed by atoms with E-state index in [0.717, 1.165) is 44.5 Å². The summed E-state index contributed by atoms with van der Waals surface area (Å²) in [5, 5.41) is 0. The molecule has 3 aromatic rings. The standard InChI is InChI=1S/C27H29O6PS/c1-5-31-34(28,32-6-2)35-26-19-27(20-11-15-22(29-3)16-12-20,21-13-17-23(30-4)18-14-21)33-25-10-8-7-9-24(25)26/h7-19H,5-6H2,1-4H3. The van der Waals surface area contributed by atoms with Crippen LogP contribution in [0.15, 0.2) is 78.9 Å². The Labute approximate surface area is 210 Å². The molecule has 1 aliphatic rings. The molecule has 0 aromatic heterocycles. The van der Waals surface area contributed by atoms with Gasteiger partial charge in [-0.05, 0) is 61.6 Å². The van der Waals surface area contributed by atoms with Gasteiger partial charge in [0.25, 0.3) is 0 Å². The molecule has 0 saturated heterocycles. The monoisotopic (exact) mass is 512 g/mol. The first kappa shape index (κ1) is 25.4. The van der Waals surface area contributed by atoms with Gasteiger partial charge >= 0.3 is 6.80 Å². The maximum atomic E-state index is 13.5. The Balaban J connectivity index is 1.93. The third kappa shape index (κ3) is 5.29. The Kier molecular flexibility index (Phi) is 7.92. The molecule has 6 nitrogen and oxygen atoms in total. The molecule has 0 fully saturated rings. The molecule has 0 bridgehead atoms. The third-order valence-electron chi connectivity index (χ3n) is 5.58. The number of rotatable bonds is 10. The van der Waals surface area contributed by atoms with Gasteiger partial charge in [0.1, 0.15) is 17.2 Å². The number of hydrogen-bond donors (Lipinski definition) is 0. The van der Waals surface area contributed by atoms with Crippen molar-refractivity contribution in [3.63, 3.8) is 0 Å². The van der Waals surface area contributed by atoms with Crippen molar-refractivity contribution in [2.75, 3.05) is 27.4 Å². The quantitative estimate of drug-likeness (QED) is 0.264. The predicted molar refractivity (Wildman–Crippen MR) is 140 cm³/mol. The number of methoxy groups -OCH3 is 2. The van der Waals surface area contributed by atoms with E-state index in [1.807, 2.05) is 78.9 Å². The minimum atomic E-state index is -3.46. The summed E-state index contributed by atoms with van der Waals surface area (Å²) in [6.45, 7) is 0.702. The van der Waals surface area contributed by atoms with E-state index in [-0.39, 0.29) is 13.2 Å². The van der Waals surface area contributed by atoms with Crippen LogP contribution >= 0.6 is 18.2 Å². The van der Waals surface area contributed by atoms with E-state index in [4.69, 9.17) is 23.3 Å². The van der Waals surface area contributed by atoms with Gasteiger partial charge in [-0.25, -0.2) is 4.57 Å². The summed E-state index contributed by atoms with van der Waals surface area (Å²) in [7, 11) is 3.27. The zero-order chi connectivity index (χ0) is 24.9. The molecular formula is C27H29O6PS. The fourth-order valence-electron chi connectivity index (χ4n) is 3.96. The molecule has 0 unspecified atom stereocenters. The number of para-hydroxylation sites is 1. The molecular weight excluding hydrogens is 483 g/mol. The van der Waals surface area contributed by atoms with Crippen LogP contribution in [-0.4, -0.2) is 27.4 Å². The molecule has 0 radical (unpaired) electrons. The molecule has 3 aromatic carbocycles. The zero-order valence-corrected chi connectivity index (χ0v) is 21.9. The van der Waals surface area contributed by atoms with Crippen LogP contribution in [0.25, 0.3) is 4.91 Å². The Morgan fingerprint density at radius 3 is 1.80 bits per heavy atom. The first-order valence-electron chi connectivity index (χ1n) is 11.4. The van der Waals surface area contributed by atoms with Crippen LogP contribution in [-0.2, 0) is 19.2 Å². The van der Waals surface area contributed by atoms with Gasteiger partial charge in [0.05, 0.1) is 27.4 Å². The first-order valence-corrected chi connectivity index (χ1v) is 14.3. The average molecular weight is 513 g/mol. The zero-order valence-electron chi connectivity index (χ0n) is 20.2. The number of fused-ring (bicyclic) bond motifs is 1. The smallest absolute Gasteiger partial charge is 0.393 e. The molecule has 0 spiro atoms. The van der Waals surface area contributed by atoms with Crippen molar-refractivity contribution >= 4 is 23.1 Å². The summed E-state index contributed by atoms with van der Waals surface area (Å²) in [6.07, 6.45) is 1.99. The van der Waals surface area contributed by atoms with Crippen LogP contribution in [0, 0.1) is 0 Å². The summed E-state index contributed by atoms with van der Waals surface area (Å²) in [4.78, 5) is 0.753. The van der Waals surface area contributed by atoms with Crippen molar-refractivity contribution in [1.82, 2.24) is 0 Å². The third-order valence-corrected chi connectivity index (χ3v) is 9.38. The van der Waals surface area contributed by atoms with Gasteiger partial charge < -0.3 is 23.3 Å². The van der Waals surface area contributed by atoms with E-state index in [1.54, 1.807) is 28.1 Å². The van der Waals surface area contributed by atoms with Gasteiger partial charge in [0.2, 0.25) is 0 Å². The molecule has 1 aliphatic heterocycles. The van der Waals surface area contributed by atoms with Crippen LogP contribution in [0.2, 0.25) is 0 Å². The van der Waals surface area contributed by atoms with E-state index in [9.17, 15) is 4.57 Å². The lowest BCUT2D eigenvalue weighted by Gasteiger charge is -2.38. The topological polar surface area (TPSA) is 63.2 Å². The van der Waals surface area contributed by atoms with Crippen LogP contribution < -0.4 is 14.2 Å². The van der Waals surface area contributed by atoms with Crippen LogP contribution in [0.4, 0.5) is 0 Å². The maximum Gasteiger partial charge on any atom is 0.393 e. The first-order chi connectivity index (χ1) is 17.0. The highest BCUT2D eigenvalue weighted by molar-refractivity contribution is 8.59. The molecule has 184 valence electrons. The number of benzene rings is 3. The number of ether oxygens (including phenoxy) is 3. The molecule has 0 aliphatic carbocycles.